The molecule has 0 saturated carbocycles. The minimum absolute atomic E-state index is 0.0712. The Hall–Kier alpha value is -2.75. The fourth-order valence-corrected chi connectivity index (χ4v) is 2.07. The number of aliphatic hydroxyl groups is 1. The summed E-state index contributed by atoms with van der Waals surface area (Å²) in [5.74, 6) is -0.848. The third-order valence-corrected chi connectivity index (χ3v) is 3.16. The Morgan fingerprint density at radius 2 is 2.11 bits per heavy atom. The predicted molar refractivity (Wildman–Crippen MR) is 66.4 cm³/mol. The molecular weight excluding hydrogens is 276 g/mol. The molecule has 1 aromatic rings. The maximum atomic E-state index is 10.6. The molecule has 0 unspecified atom stereocenters. The van der Waals surface area contributed by atoms with Crippen molar-refractivity contribution in [1.82, 2.24) is 5.32 Å². The van der Waals surface area contributed by atoms with E-state index in [0.717, 1.165) is 11.3 Å². The van der Waals surface area contributed by atoms with Gasteiger partial charge in [0.15, 0.2) is 5.70 Å². The molecule has 98 valence electrons. The average Bonchev–Trinajstić information content (AvgIpc) is 2.87. The van der Waals surface area contributed by atoms with Crippen LogP contribution in [0.5, 0.6) is 0 Å². The van der Waals surface area contributed by atoms with Crippen LogP contribution in [0.1, 0.15) is 4.88 Å². The first-order valence-corrected chi connectivity index (χ1v) is 5.64. The van der Waals surface area contributed by atoms with Crippen LogP contribution in [-0.4, -0.2) is 20.8 Å². The van der Waals surface area contributed by atoms with Gasteiger partial charge in [-0.05, 0) is 12.1 Å². The van der Waals surface area contributed by atoms with E-state index in [2.05, 4.69) is 10.3 Å². The number of nitrogens with zero attached hydrogens (tertiary/aromatic N) is 3. The van der Waals surface area contributed by atoms with Crippen molar-refractivity contribution in [3.05, 3.63) is 61.1 Å². The van der Waals surface area contributed by atoms with E-state index in [1.165, 1.54) is 24.4 Å². The Labute approximate surface area is 109 Å². The average molecular weight is 282 g/mol. The number of aliphatic hydroxyl groups excluding tert-OH is 1. The van der Waals surface area contributed by atoms with Gasteiger partial charge in [0.25, 0.3) is 0 Å². The van der Waals surface area contributed by atoms with Crippen molar-refractivity contribution in [2.75, 3.05) is 0 Å². The summed E-state index contributed by atoms with van der Waals surface area (Å²) in [6.45, 7) is 0. The molecule has 0 saturated heterocycles. The van der Waals surface area contributed by atoms with E-state index in [9.17, 15) is 25.3 Å². The van der Waals surface area contributed by atoms with Gasteiger partial charge in [-0.1, -0.05) is 11.3 Å². The summed E-state index contributed by atoms with van der Waals surface area (Å²) in [5.41, 5.74) is -0.133. The molecule has 0 atom stereocenters. The second kappa shape index (κ2) is 4.86. The number of allylic oxidation sites excluding steroid dienone is 1. The van der Waals surface area contributed by atoms with Crippen LogP contribution in [0.15, 0.2) is 41.0 Å². The summed E-state index contributed by atoms with van der Waals surface area (Å²) < 4.78 is 0. The lowest BCUT2D eigenvalue weighted by molar-refractivity contribution is -0.460. The molecule has 2 heterocycles. The van der Waals surface area contributed by atoms with E-state index in [4.69, 9.17) is 0 Å². The lowest BCUT2D eigenvalue weighted by Gasteiger charge is -2.10. The molecule has 1 aliphatic heterocycles. The minimum atomic E-state index is -1.05. The summed E-state index contributed by atoms with van der Waals surface area (Å²) >= 11 is 0.869. The van der Waals surface area contributed by atoms with Gasteiger partial charge < -0.3 is 10.4 Å². The number of nitro groups is 2. The molecule has 2 N–H and O–H groups in total. The second-order valence-corrected chi connectivity index (χ2v) is 4.37. The first-order chi connectivity index (χ1) is 8.99. The molecule has 19 heavy (non-hydrogen) atoms. The highest BCUT2D eigenvalue weighted by atomic mass is 32.1. The monoisotopic (exact) mass is 282 g/mol. The number of hydrogen-bond donors (Lipinski definition) is 2. The number of amidine groups is 1. The molecule has 0 aromatic carbocycles. The molecule has 0 aliphatic carbocycles. The molecule has 0 spiro atoms. The van der Waals surface area contributed by atoms with Gasteiger partial charge in [0.2, 0.25) is 0 Å². The molecule has 2 rings (SSSR count). The summed E-state index contributed by atoms with van der Waals surface area (Å²) in [4.78, 5) is 23.8. The smallest absolute Gasteiger partial charge is 0.449 e. The van der Waals surface area contributed by atoms with Gasteiger partial charge in [0, 0.05) is 12.3 Å². The molecule has 1 aliphatic rings. The van der Waals surface area contributed by atoms with Gasteiger partial charge in [-0.25, -0.2) is 4.99 Å². The number of nitrogens with one attached hydrogen (secondary N) is 1. The van der Waals surface area contributed by atoms with E-state index >= 15 is 0 Å². The van der Waals surface area contributed by atoms with Crippen molar-refractivity contribution in [3.63, 3.8) is 0 Å². The molecule has 0 amide bonds. The minimum Gasteiger partial charge on any atom is -0.454 e. The Morgan fingerprint density at radius 1 is 1.37 bits per heavy atom. The summed E-state index contributed by atoms with van der Waals surface area (Å²) in [7, 11) is 0. The van der Waals surface area contributed by atoms with Crippen LogP contribution in [0.3, 0.4) is 0 Å². The van der Waals surface area contributed by atoms with Gasteiger partial charge >= 0.3 is 10.9 Å². The van der Waals surface area contributed by atoms with Crippen LogP contribution in [-0.2, 0) is 0 Å². The van der Waals surface area contributed by atoms with Crippen molar-refractivity contribution in [1.29, 1.82) is 0 Å². The normalized spacial score (nSPS) is 16.5. The van der Waals surface area contributed by atoms with Crippen molar-refractivity contribution < 1.29 is 15.0 Å². The van der Waals surface area contributed by atoms with Crippen LogP contribution in [0.2, 0.25) is 0 Å². The Morgan fingerprint density at radius 3 is 2.68 bits per heavy atom. The number of rotatable bonds is 3. The van der Waals surface area contributed by atoms with Crippen molar-refractivity contribution in [3.8, 4) is 0 Å². The predicted octanol–water partition coefficient (Wildman–Crippen LogP) is 1.52. The molecule has 10 heteroatoms. The zero-order chi connectivity index (χ0) is 14.0. The zero-order valence-electron chi connectivity index (χ0n) is 9.14. The first kappa shape index (κ1) is 12.7. The summed E-state index contributed by atoms with van der Waals surface area (Å²) in [6, 6.07) is 2.77. The molecule has 0 radical (unpaired) electrons. The van der Waals surface area contributed by atoms with Crippen molar-refractivity contribution in [2.24, 2.45) is 4.99 Å². The number of aliphatic imine (C=N–C) groups is 1. The van der Waals surface area contributed by atoms with Gasteiger partial charge in [0.05, 0.1) is 9.80 Å². The summed E-state index contributed by atoms with van der Waals surface area (Å²) in [5, 5.41) is 32.7. The number of thiophene rings is 1. The quantitative estimate of drug-likeness (QED) is 0.491. The maximum Gasteiger partial charge on any atom is 0.449 e. The SMILES string of the molecule is O=[N+]([O-])C(O)=C1C=CN=C(c2ccc([N+](=O)[O-])s2)N1. The highest BCUT2D eigenvalue weighted by Crippen LogP contribution is 2.25. The molecule has 9 nitrogen and oxygen atoms in total. The van der Waals surface area contributed by atoms with E-state index in [1.54, 1.807) is 0 Å². The highest BCUT2D eigenvalue weighted by Gasteiger charge is 2.21. The van der Waals surface area contributed by atoms with Gasteiger partial charge in [-0.3, -0.25) is 20.2 Å². The lowest BCUT2D eigenvalue weighted by Crippen LogP contribution is -2.26. The molecule has 0 bridgehead atoms. The standard InChI is InChI=1S/C9H6N4O5S/c14-9(13(17)18)5-3-4-10-8(11-5)6-1-2-7(19-6)12(15)16/h1-4,14H,(H,10,11). The van der Waals surface area contributed by atoms with Gasteiger partial charge in [-0.2, -0.15) is 0 Å². The first-order valence-electron chi connectivity index (χ1n) is 4.82. The Balaban J connectivity index is 2.30. The lowest BCUT2D eigenvalue weighted by atomic mass is 10.3. The van der Waals surface area contributed by atoms with Crippen LogP contribution in [0, 0.1) is 20.2 Å². The van der Waals surface area contributed by atoms with Crippen LogP contribution in [0.25, 0.3) is 0 Å². The van der Waals surface area contributed by atoms with E-state index in [0.29, 0.717) is 4.88 Å². The summed E-state index contributed by atoms with van der Waals surface area (Å²) in [6.07, 6.45) is 2.48. The second-order valence-electron chi connectivity index (χ2n) is 3.31. The zero-order valence-corrected chi connectivity index (χ0v) is 9.96. The fourth-order valence-electron chi connectivity index (χ4n) is 1.29. The van der Waals surface area contributed by atoms with Crippen LogP contribution in [0.4, 0.5) is 5.00 Å². The van der Waals surface area contributed by atoms with Crippen molar-refractivity contribution in [2.45, 2.75) is 0 Å². The number of hydrogen-bond acceptors (Lipinski definition) is 8. The highest BCUT2D eigenvalue weighted by molar-refractivity contribution is 7.17. The van der Waals surface area contributed by atoms with Crippen LogP contribution >= 0.6 is 11.3 Å². The van der Waals surface area contributed by atoms with Crippen LogP contribution < -0.4 is 5.32 Å². The molecule has 0 fully saturated rings. The Kier molecular flexibility index (Phi) is 3.25. The third kappa shape index (κ3) is 2.57. The van der Waals surface area contributed by atoms with E-state index in [-0.39, 0.29) is 16.5 Å². The van der Waals surface area contributed by atoms with Gasteiger partial charge in [-0.15, -0.1) is 0 Å². The third-order valence-electron chi connectivity index (χ3n) is 2.12. The van der Waals surface area contributed by atoms with E-state index < -0.39 is 15.7 Å². The van der Waals surface area contributed by atoms with Gasteiger partial charge in [0.1, 0.15) is 10.8 Å². The maximum absolute atomic E-state index is 10.6. The largest absolute Gasteiger partial charge is 0.454 e. The Bertz CT molecular complexity index is 645. The fraction of sp³-hybridized carbons (Fsp3) is 0. The van der Waals surface area contributed by atoms with E-state index in [1.807, 2.05) is 0 Å². The molecule has 1 aromatic heterocycles. The molecular formula is C9H6N4O5S. The topological polar surface area (TPSA) is 131 Å². The van der Waals surface area contributed by atoms with Crippen molar-refractivity contribution >= 4 is 22.2 Å².